The van der Waals surface area contributed by atoms with Gasteiger partial charge in [0.2, 0.25) is 10.0 Å². The van der Waals surface area contributed by atoms with Crippen LogP contribution in [0.4, 0.5) is 15.8 Å². The lowest BCUT2D eigenvalue weighted by Crippen LogP contribution is -2.62. The molecule has 2 N–H and O–H groups in total. The predicted molar refractivity (Wildman–Crippen MR) is 120 cm³/mol. The van der Waals surface area contributed by atoms with Crippen LogP contribution in [0.2, 0.25) is 0 Å². The highest BCUT2D eigenvalue weighted by atomic mass is 32.2. The lowest BCUT2D eigenvalue weighted by molar-refractivity contribution is 0.207. The lowest BCUT2D eigenvalue weighted by atomic mass is 9.86. The van der Waals surface area contributed by atoms with E-state index in [1.54, 1.807) is 14.0 Å². The molecule has 0 amide bonds. The molecular weight excluding hydrogens is 419 g/mol. The Morgan fingerprint density at radius 1 is 1.23 bits per heavy atom. The highest BCUT2D eigenvalue weighted by Gasteiger charge is 2.46. The van der Waals surface area contributed by atoms with Crippen molar-refractivity contribution in [1.29, 1.82) is 0 Å². The van der Waals surface area contributed by atoms with Gasteiger partial charge in [-0.1, -0.05) is 18.2 Å². The summed E-state index contributed by atoms with van der Waals surface area (Å²) in [5.41, 5.74) is 1.51. The third-order valence-corrected chi connectivity index (χ3v) is 7.65. The average molecular weight is 447 g/mol. The van der Waals surface area contributed by atoms with Crippen LogP contribution in [-0.2, 0) is 14.8 Å². The number of aryl methyl sites for hydroxylation is 1. The van der Waals surface area contributed by atoms with Crippen LogP contribution < -0.4 is 10.6 Å². The minimum Gasteiger partial charge on any atom is -0.383 e. The number of fused-ring (bicyclic) bond motifs is 1. The van der Waals surface area contributed by atoms with Crippen LogP contribution in [0.3, 0.4) is 0 Å². The molecule has 1 saturated heterocycles. The van der Waals surface area contributed by atoms with E-state index >= 15 is 0 Å². The zero-order valence-electron chi connectivity index (χ0n) is 17.7. The Kier molecular flexibility index (Phi) is 6.00. The molecule has 0 radical (unpaired) electrons. The van der Waals surface area contributed by atoms with Crippen LogP contribution >= 0.6 is 0 Å². The van der Waals surface area contributed by atoms with E-state index in [1.165, 1.54) is 16.4 Å². The van der Waals surface area contributed by atoms with Gasteiger partial charge in [-0.2, -0.15) is 4.31 Å². The van der Waals surface area contributed by atoms with Crippen LogP contribution in [0.1, 0.15) is 18.4 Å². The number of sulfonamides is 1. The van der Waals surface area contributed by atoms with E-state index in [2.05, 4.69) is 10.6 Å². The lowest BCUT2D eigenvalue weighted by Gasteiger charge is -2.46. The zero-order valence-corrected chi connectivity index (χ0v) is 18.5. The van der Waals surface area contributed by atoms with Crippen molar-refractivity contribution in [3.8, 4) is 0 Å². The molecule has 7 nitrogen and oxygen atoms in total. The molecule has 9 heteroatoms. The van der Waals surface area contributed by atoms with Crippen molar-refractivity contribution in [2.45, 2.75) is 30.2 Å². The van der Waals surface area contributed by atoms with E-state index < -0.39 is 21.4 Å². The molecule has 31 heavy (non-hydrogen) atoms. The number of methoxy groups -OCH3 is 1. The first kappa shape index (κ1) is 21.7. The molecule has 1 spiro atoms. The number of halogens is 1. The van der Waals surface area contributed by atoms with E-state index in [4.69, 9.17) is 9.73 Å². The summed E-state index contributed by atoms with van der Waals surface area (Å²) >= 11 is 0. The van der Waals surface area contributed by atoms with E-state index in [-0.39, 0.29) is 11.4 Å². The number of piperidine rings is 1. The van der Waals surface area contributed by atoms with Gasteiger partial charge in [0, 0.05) is 20.2 Å². The fourth-order valence-corrected chi connectivity index (χ4v) is 5.66. The molecule has 2 aliphatic rings. The van der Waals surface area contributed by atoms with E-state index in [0.29, 0.717) is 43.9 Å². The number of nitrogens with zero attached hydrogens (tertiary/aromatic N) is 2. The molecule has 0 bridgehead atoms. The number of rotatable bonds is 5. The maximum atomic E-state index is 14.1. The Balaban J connectivity index is 1.69. The molecule has 1 atom stereocenters. The number of anilines is 2. The first-order valence-electron chi connectivity index (χ1n) is 10.3. The number of hydrogen-bond acceptors (Lipinski definition) is 5. The van der Waals surface area contributed by atoms with Crippen molar-refractivity contribution < 1.29 is 17.5 Å². The number of aliphatic imine (C=N–C) groups is 1. The second kappa shape index (κ2) is 8.57. The molecule has 4 rings (SSSR count). The van der Waals surface area contributed by atoms with Crippen LogP contribution in [0, 0.1) is 12.7 Å². The van der Waals surface area contributed by atoms with Crippen LogP contribution in [-0.4, -0.2) is 57.4 Å². The van der Waals surface area contributed by atoms with Gasteiger partial charge in [0.1, 0.15) is 17.2 Å². The van der Waals surface area contributed by atoms with Crippen LogP contribution in [0.15, 0.2) is 52.4 Å². The molecule has 1 unspecified atom stereocenters. The number of ether oxygens (including phenoxy) is 1. The molecule has 2 aromatic rings. The Morgan fingerprint density at radius 3 is 2.74 bits per heavy atom. The minimum atomic E-state index is -3.86. The van der Waals surface area contributed by atoms with Gasteiger partial charge in [0.05, 0.1) is 29.4 Å². The summed E-state index contributed by atoms with van der Waals surface area (Å²) in [6, 6.07) is 11.8. The third-order valence-electron chi connectivity index (χ3n) is 5.81. The molecule has 2 aromatic carbocycles. The molecule has 0 aromatic heterocycles. The van der Waals surface area contributed by atoms with Crippen LogP contribution in [0.25, 0.3) is 0 Å². The Hall–Kier alpha value is -2.49. The van der Waals surface area contributed by atoms with Crippen molar-refractivity contribution in [2.24, 2.45) is 4.99 Å². The van der Waals surface area contributed by atoms with Crippen molar-refractivity contribution in [3.63, 3.8) is 0 Å². The summed E-state index contributed by atoms with van der Waals surface area (Å²) in [6.07, 6.45) is 1.36. The summed E-state index contributed by atoms with van der Waals surface area (Å²) in [5, 5.41) is 6.94. The average Bonchev–Trinajstić information content (AvgIpc) is 2.76. The largest absolute Gasteiger partial charge is 0.383 e. The van der Waals surface area contributed by atoms with Gasteiger partial charge in [-0.15, -0.1) is 0 Å². The van der Waals surface area contributed by atoms with Crippen molar-refractivity contribution in [3.05, 3.63) is 53.8 Å². The monoisotopic (exact) mass is 446 g/mol. The zero-order chi connectivity index (χ0) is 22.1. The summed E-state index contributed by atoms with van der Waals surface area (Å²) in [7, 11) is -2.24. The number of para-hydroxylation sites is 2. The van der Waals surface area contributed by atoms with Gasteiger partial charge in [-0.3, -0.25) is 4.99 Å². The molecule has 0 aliphatic carbocycles. The summed E-state index contributed by atoms with van der Waals surface area (Å²) in [6.45, 7) is 3.10. The predicted octanol–water partition coefficient (Wildman–Crippen LogP) is 3.24. The second-order valence-corrected chi connectivity index (χ2v) is 9.89. The Labute approximate surface area is 182 Å². The normalized spacial score (nSPS) is 22.7. The first-order chi connectivity index (χ1) is 14.9. The molecule has 166 valence electrons. The van der Waals surface area contributed by atoms with Crippen molar-refractivity contribution >= 4 is 27.2 Å². The van der Waals surface area contributed by atoms with Gasteiger partial charge in [-0.05, 0) is 49.6 Å². The topological polar surface area (TPSA) is 83.0 Å². The van der Waals surface area contributed by atoms with Gasteiger partial charge >= 0.3 is 0 Å². The number of nitrogens with one attached hydrogen (secondary N) is 2. The van der Waals surface area contributed by atoms with Gasteiger partial charge in [0.15, 0.2) is 0 Å². The Bertz CT molecular complexity index is 1110. The quantitative estimate of drug-likeness (QED) is 0.689. The maximum absolute atomic E-state index is 14.1. The standard InChI is InChI=1S/C22H27FN4O3S/c1-16-8-9-17(14-18(16)23)31(28,29)27-12-5-10-22(15-27)21(24-11-13-30-2)25-19-6-3-4-7-20(19)26-22/h3-4,6-9,14,26H,5,10-13,15H2,1-2H3,(H,24,25). The van der Waals surface area contributed by atoms with Gasteiger partial charge in [-0.25, -0.2) is 12.8 Å². The number of benzene rings is 2. The van der Waals surface area contributed by atoms with Crippen molar-refractivity contribution in [1.82, 2.24) is 4.31 Å². The Morgan fingerprint density at radius 2 is 2.00 bits per heavy atom. The SMILES string of the molecule is COCCN=C1Nc2ccccc2NC12CCCN(S(=O)(=O)c1ccc(C)c(F)c1)C2. The van der Waals surface area contributed by atoms with E-state index in [9.17, 15) is 12.8 Å². The van der Waals surface area contributed by atoms with Gasteiger partial charge in [0.25, 0.3) is 0 Å². The second-order valence-electron chi connectivity index (χ2n) is 7.95. The number of hydrogen-bond donors (Lipinski definition) is 2. The van der Waals surface area contributed by atoms with E-state index in [1.807, 2.05) is 24.3 Å². The summed E-state index contributed by atoms with van der Waals surface area (Å²) in [5.74, 6) is 0.166. The number of amidine groups is 1. The van der Waals surface area contributed by atoms with E-state index in [0.717, 1.165) is 17.4 Å². The van der Waals surface area contributed by atoms with Gasteiger partial charge < -0.3 is 15.4 Å². The smallest absolute Gasteiger partial charge is 0.243 e. The van der Waals surface area contributed by atoms with Crippen molar-refractivity contribution in [2.75, 3.05) is 44.0 Å². The molecule has 2 aliphatic heterocycles. The molecule has 2 heterocycles. The summed E-state index contributed by atoms with van der Waals surface area (Å²) in [4.78, 5) is 4.67. The maximum Gasteiger partial charge on any atom is 0.243 e. The van der Waals surface area contributed by atoms with Crippen LogP contribution in [0.5, 0.6) is 0 Å². The fourth-order valence-electron chi connectivity index (χ4n) is 4.10. The summed E-state index contributed by atoms with van der Waals surface area (Å²) < 4.78 is 47.3. The molecule has 0 saturated carbocycles. The third kappa shape index (κ3) is 4.17. The molecule has 1 fully saturated rings. The highest BCUT2D eigenvalue weighted by Crippen LogP contribution is 2.37. The fraction of sp³-hybridized carbons (Fsp3) is 0.409. The first-order valence-corrected chi connectivity index (χ1v) is 11.7. The molecular formula is C22H27FN4O3S. The highest BCUT2D eigenvalue weighted by molar-refractivity contribution is 7.89. The minimum absolute atomic E-state index is 0.0327.